The van der Waals surface area contributed by atoms with Gasteiger partial charge in [0.2, 0.25) is 0 Å². The Morgan fingerprint density at radius 2 is 1.78 bits per heavy atom. The minimum atomic E-state index is -1.26. The van der Waals surface area contributed by atoms with Gasteiger partial charge in [0.25, 0.3) is 11.8 Å². The number of nitrogens with one attached hydrogen (secondary N) is 3. The van der Waals surface area contributed by atoms with Gasteiger partial charge in [0, 0.05) is 30.2 Å². The average molecular weight is 536 g/mol. The standard InChI is InChI=1S/C27H23Cl2N5O3/c1-30-23-18-8-7-16(13-22(18)33-24(34-23)17-4-2-3-5-20(17)28)32-25(35)19-12-15(6-9-21(19)29)14-31-26(36)27(37)10-11-27/h2-9,12-13,37H,10-11,14H2,1H3,(H,31,36)(H,32,35)(H,30,33,34). The van der Waals surface area contributed by atoms with Gasteiger partial charge in [0.05, 0.1) is 21.1 Å². The first-order valence-corrected chi connectivity index (χ1v) is 12.4. The van der Waals surface area contributed by atoms with Gasteiger partial charge in [0.15, 0.2) is 5.82 Å². The smallest absolute Gasteiger partial charge is 0.257 e. The number of amides is 2. The summed E-state index contributed by atoms with van der Waals surface area (Å²) in [7, 11) is 1.77. The van der Waals surface area contributed by atoms with Crippen LogP contribution < -0.4 is 16.0 Å². The maximum absolute atomic E-state index is 13.1. The van der Waals surface area contributed by atoms with Gasteiger partial charge < -0.3 is 21.1 Å². The van der Waals surface area contributed by atoms with Crippen LogP contribution in [-0.4, -0.2) is 39.5 Å². The van der Waals surface area contributed by atoms with Gasteiger partial charge in [-0.1, -0.05) is 41.4 Å². The Labute approximate surface area is 223 Å². The van der Waals surface area contributed by atoms with Crippen LogP contribution in [0.25, 0.3) is 22.3 Å². The Kier molecular flexibility index (Phi) is 6.72. The maximum Gasteiger partial charge on any atom is 0.257 e. The minimum absolute atomic E-state index is 0.170. The lowest BCUT2D eigenvalue weighted by molar-refractivity contribution is -0.131. The van der Waals surface area contributed by atoms with Crippen molar-refractivity contribution in [2.24, 2.45) is 0 Å². The molecule has 1 aliphatic rings. The number of nitrogens with zero attached hydrogens (tertiary/aromatic N) is 2. The van der Waals surface area contributed by atoms with Crippen LogP contribution in [0.1, 0.15) is 28.8 Å². The van der Waals surface area contributed by atoms with Crippen LogP contribution >= 0.6 is 23.2 Å². The molecule has 0 radical (unpaired) electrons. The van der Waals surface area contributed by atoms with Gasteiger partial charge in [-0.2, -0.15) is 0 Å². The highest BCUT2D eigenvalue weighted by Gasteiger charge is 2.47. The summed E-state index contributed by atoms with van der Waals surface area (Å²) in [6.45, 7) is 0.170. The fraction of sp³-hybridized carbons (Fsp3) is 0.185. The Hall–Kier alpha value is -3.72. The van der Waals surface area contributed by atoms with Crippen molar-refractivity contribution >= 4 is 57.4 Å². The zero-order chi connectivity index (χ0) is 26.2. The lowest BCUT2D eigenvalue weighted by Crippen LogP contribution is -2.35. The number of benzene rings is 3. The lowest BCUT2D eigenvalue weighted by Gasteiger charge is -2.13. The predicted molar refractivity (Wildman–Crippen MR) is 145 cm³/mol. The van der Waals surface area contributed by atoms with Crippen LogP contribution in [0.4, 0.5) is 11.5 Å². The van der Waals surface area contributed by atoms with E-state index in [2.05, 4.69) is 25.9 Å². The number of aromatic nitrogens is 2. The molecule has 37 heavy (non-hydrogen) atoms. The fourth-order valence-electron chi connectivity index (χ4n) is 3.91. The highest BCUT2D eigenvalue weighted by Crippen LogP contribution is 2.35. The molecule has 1 heterocycles. The van der Waals surface area contributed by atoms with E-state index in [1.807, 2.05) is 24.3 Å². The van der Waals surface area contributed by atoms with E-state index in [-0.39, 0.29) is 17.1 Å². The molecule has 0 spiro atoms. The fourth-order valence-corrected chi connectivity index (χ4v) is 4.33. The summed E-state index contributed by atoms with van der Waals surface area (Å²) in [4.78, 5) is 34.4. The number of carbonyl (C=O) groups excluding carboxylic acids is 2. The van der Waals surface area contributed by atoms with E-state index in [0.717, 1.165) is 5.39 Å². The maximum atomic E-state index is 13.1. The second kappa shape index (κ2) is 9.97. The predicted octanol–water partition coefficient (Wildman–Crippen LogP) is 5.04. The van der Waals surface area contributed by atoms with Crippen LogP contribution in [0.3, 0.4) is 0 Å². The van der Waals surface area contributed by atoms with Crippen molar-refractivity contribution in [2.75, 3.05) is 17.7 Å². The Morgan fingerprint density at radius 1 is 1.00 bits per heavy atom. The molecule has 5 rings (SSSR count). The van der Waals surface area contributed by atoms with Crippen LogP contribution in [0.2, 0.25) is 10.0 Å². The molecule has 0 aliphatic heterocycles. The van der Waals surface area contributed by atoms with E-state index < -0.39 is 17.4 Å². The third-order valence-electron chi connectivity index (χ3n) is 6.18. The molecule has 1 saturated carbocycles. The Bertz CT molecular complexity index is 1540. The third kappa shape index (κ3) is 5.22. The van der Waals surface area contributed by atoms with E-state index in [1.54, 1.807) is 43.4 Å². The molecule has 1 fully saturated rings. The molecule has 188 valence electrons. The molecular formula is C27H23Cl2N5O3. The molecule has 0 saturated heterocycles. The Morgan fingerprint density at radius 3 is 2.51 bits per heavy atom. The number of rotatable bonds is 7. The van der Waals surface area contributed by atoms with Gasteiger partial charge in [0.1, 0.15) is 11.4 Å². The molecule has 2 amide bonds. The number of hydrogen-bond donors (Lipinski definition) is 4. The zero-order valence-corrected chi connectivity index (χ0v) is 21.3. The van der Waals surface area contributed by atoms with Gasteiger partial charge in [-0.15, -0.1) is 0 Å². The summed E-state index contributed by atoms with van der Waals surface area (Å²) in [6.07, 6.45) is 0.916. The number of aliphatic hydroxyl groups is 1. The zero-order valence-electron chi connectivity index (χ0n) is 19.8. The van der Waals surface area contributed by atoms with E-state index in [4.69, 9.17) is 23.2 Å². The summed E-state index contributed by atoms with van der Waals surface area (Å²) >= 11 is 12.7. The summed E-state index contributed by atoms with van der Waals surface area (Å²) < 4.78 is 0. The molecule has 3 aromatic carbocycles. The second-order valence-electron chi connectivity index (χ2n) is 8.84. The summed E-state index contributed by atoms with van der Waals surface area (Å²) in [5.74, 6) is 0.266. The molecule has 0 unspecified atom stereocenters. The van der Waals surface area contributed by atoms with Crippen molar-refractivity contribution in [1.29, 1.82) is 0 Å². The van der Waals surface area contributed by atoms with Crippen LogP contribution in [0.15, 0.2) is 60.7 Å². The number of halogens is 2. The summed E-state index contributed by atoms with van der Waals surface area (Å²) in [6, 6.07) is 17.6. The van der Waals surface area contributed by atoms with Gasteiger partial charge in [-0.3, -0.25) is 9.59 Å². The largest absolute Gasteiger partial charge is 0.380 e. The minimum Gasteiger partial charge on any atom is -0.380 e. The molecule has 10 heteroatoms. The van der Waals surface area contributed by atoms with Crippen molar-refractivity contribution in [1.82, 2.24) is 15.3 Å². The second-order valence-corrected chi connectivity index (χ2v) is 9.65. The number of hydrogen-bond acceptors (Lipinski definition) is 6. The van der Waals surface area contributed by atoms with E-state index in [1.165, 1.54) is 0 Å². The average Bonchev–Trinajstić information content (AvgIpc) is 3.65. The van der Waals surface area contributed by atoms with Crippen molar-refractivity contribution in [3.63, 3.8) is 0 Å². The first-order chi connectivity index (χ1) is 17.8. The van der Waals surface area contributed by atoms with Crippen molar-refractivity contribution in [2.45, 2.75) is 25.0 Å². The number of anilines is 2. The molecule has 1 aliphatic carbocycles. The molecule has 0 bridgehead atoms. The summed E-state index contributed by atoms with van der Waals surface area (Å²) in [5, 5.41) is 20.2. The number of carbonyl (C=O) groups is 2. The van der Waals surface area contributed by atoms with Crippen molar-refractivity contribution < 1.29 is 14.7 Å². The van der Waals surface area contributed by atoms with Crippen LogP contribution in [-0.2, 0) is 11.3 Å². The van der Waals surface area contributed by atoms with Crippen molar-refractivity contribution in [3.05, 3.63) is 81.8 Å². The highest BCUT2D eigenvalue weighted by molar-refractivity contribution is 6.34. The topological polar surface area (TPSA) is 116 Å². The first kappa shape index (κ1) is 25.0. The molecule has 4 N–H and O–H groups in total. The summed E-state index contributed by atoms with van der Waals surface area (Å²) in [5.41, 5.74) is 1.52. The normalized spacial score (nSPS) is 13.7. The molecule has 4 aromatic rings. The monoisotopic (exact) mass is 535 g/mol. The highest BCUT2D eigenvalue weighted by atomic mass is 35.5. The lowest BCUT2D eigenvalue weighted by atomic mass is 10.1. The van der Waals surface area contributed by atoms with E-state index in [9.17, 15) is 14.7 Å². The van der Waals surface area contributed by atoms with Gasteiger partial charge in [-0.25, -0.2) is 9.97 Å². The molecule has 8 nitrogen and oxygen atoms in total. The van der Waals surface area contributed by atoms with Crippen LogP contribution in [0.5, 0.6) is 0 Å². The van der Waals surface area contributed by atoms with E-state index in [0.29, 0.717) is 51.8 Å². The van der Waals surface area contributed by atoms with Gasteiger partial charge in [-0.05, 0) is 60.9 Å². The van der Waals surface area contributed by atoms with Crippen molar-refractivity contribution in [3.8, 4) is 11.4 Å². The van der Waals surface area contributed by atoms with Crippen LogP contribution in [0, 0.1) is 0 Å². The molecule has 0 atom stereocenters. The Balaban J connectivity index is 1.39. The molecule has 1 aromatic heterocycles. The number of fused-ring (bicyclic) bond motifs is 1. The van der Waals surface area contributed by atoms with E-state index >= 15 is 0 Å². The first-order valence-electron chi connectivity index (χ1n) is 11.6. The quantitative estimate of drug-likeness (QED) is 0.263. The third-order valence-corrected chi connectivity index (χ3v) is 6.84. The van der Waals surface area contributed by atoms with Gasteiger partial charge >= 0.3 is 0 Å². The molecular weight excluding hydrogens is 513 g/mol. The SMILES string of the molecule is CNc1nc(-c2ccccc2Cl)nc2cc(NC(=O)c3cc(CNC(=O)C4(O)CC4)ccc3Cl)ccc12.